The van der Waals surface area contributed by atoms with Crippen LogP contribution in [-0.2, 0) is 26.0 Å². The van der Waals surface area contributed by atoms with Crippen LogP contribution in [0.2, 0.25) is 0 Å². The van der Waals surface area contributed by atoms with Crippen molar-refractivity contribution in [2.75, 3.05) is 16.8 Å². The van der Waals surface area contributed by atoms with Gasteiger partial charge < -0.3 is 9.88 Å². The summed E-state index contributed by atoms with van der Waals surface area (Å²) in [5, 5.41) is 4.54. The summed E-state index contributed by atoms with van der Waals surface area (Å²) in [5.74, 6) is -3.33. The van der Waals surface area contributed by atoms with Gasteiger partial charge in [-0.05, 0) is 18.2 Å². The van der Waals surface area contributed by atoms with Gasteiger partial charge in [-0.25, -0.2) is 13.4 Å². The zero-order chi connectivity index (χ0) is 25.0. The molecular formula is C23H19BrN4O4S3. The lowest BCUT2D eigenvalue weighted by molar-refractivity contribution is -0.115. The SMILES string of the molecule is C=CCn1c(=NC(=O)CS(=O)(=O)CC(=O)Nc2nc(-c3ccccc3)cs2)sc2cc(Br)ccc21. The monoisotopic (exact) mass is 590 g/mol. The number of aromatic nitrogens is 2. The van der Waals surface area contributed by atoms with E-state index in [4.69, 9.17) is 0 Å². The first-order valence-corrected chi connectivity index (χ1v) is 14.5. The van der Waals surface area contributed by atoms with Gasteiger partial charge in [0.1, 0.15) is 11.5 Å². The van der Waals surface area contributed by atoms with Crippen molar-refractivity contribution >= 4 is 75.6 Å². The number of halogens is 1. The Kier molecular flexibility index (Phi) is 7.75. The summed E-state index contributed by atoms with van der Waals surface area (Å²) in [6.07, 6.45) is 1.67. The molecule has 12 heteroatoms. The molecule has 0 atom stereocenters. The molecule has 8 nitrogen and oxygen atoms in total. The standard InChI is InChI=1S/C23H19BrN4O4S3/c1-2-10-28-18-9-8-16(24)11-19(18)34-23(28)27-21(30)14-35(31,32)13-20(29)26-22-25-17(12-33-22)15-6-4-3-5-7-15/h2-9,11-12H,1,10,13-14H2,(H,25,26,29). The lowest BCUT2D eigenvalue weighted by Crippen LogP contribution is -2.28. The molecule has 2 amide bonds. The Labute approximate surface area is 217 Å². The smallest absolute Gasteiger partial charge is 0.263 e. The third-order valence-electron chi connectivity index (χ3n) is 4.69. The fourth-order valence-corrected chi connectivity index (χ4v) is 6.60. The number of hydrogen-bond donors (Lipinski definition) is 1. The number of fused-ring (bicyclic) bond motifs is 1. The lowest BCUT2D eigenvalue weighted by Gasteiger charge is -2.03. The molecule has 2 heterocycles. The second-order valence-corrected chi connectivity index (χ2v) is 12.2. The number of nitrogens with zero attached hydrogens (tertiary/aromatic N) is 3. The van der Waals surface area contributed by atoms with E-state index in [-0.39, 0.29) is 5.13 Å². The highest BCUT2D eigenvalue weighted by molar-refractivity contribution is 9.10. The third kappa shape index (κ3) is 6.40. The van der Waals surface area contributed by atoms with Gasteiger partial charge in [0.05, 0.1) is 15.9 Å². The molecular weight excluding hydrogens is 572 g/mol. The first-order valence-electron chi connectivity index (χ1n) is 10.2. The molecule has 1 N–H and O–H groups in total. The zero-order valence-electron chi connectivity index (χ0n) is 18.2. The summed E-state index contributed by atoms with van der Waals surface area (Å²) >= 11 is 5.87. The maximum absolute atomic E-state index is 12.5. The van der Waals surface area contributed by atoms with E-state index in [1.807, 2.05) is 48.5 Å². The van der Waals surface area contributed by atoms with Crippen molar-refractivity contribution in [2.45, 2.75) is 6.54 Å². The lowest BCUT2D eigenvalue weighted by atomic mass is 10.2. The number of thiazole rings is 2. The van der Waals surface area contributed by atoms with Gasteiger partial charge in [0.25, 0.3) is 5.91 Å². The summed E-state index contributed by atoms with van der Waals surface area (Å²) in [4.78, 5) is 33.5. The van der Waals surface area contributed by atoms with E-state index in [0.717, 1.165) is 20.3 Å². The predicted octanol–water partition coefficient (Wildman–Crippen LogP) is 4.26. The molecule has 0 aliphatic heterocycles. The first kappa shape index (κ1) is 25.2. The number of benzene rings is 2. The summed E-state index contributed by atoms with van der Waals surface area (Å²) < 4.78 is 28.5. The van der Waals surface area contributed by atoms with Crippen molar-refractivity contribution in [3.63, 3.8) is 0 Å². The van der Waals surface area contributed by atoms with E-state index in [9.17, 15) is 18.0 Å². The Morgan fingerprint density at radius 3 is 2.69 bits per heavy atom. The molecule has 4 rings (SSSR count). The predicted molar refractivity (Wildman–Crippen MR) is 143 cm³/mol. The van der Waals surface area contributed by atoms with E-state index in [1.54, 1.807) is 16.0 Å². The van der Waals surface area contributed by atoms with Crippen LogP contribution < -0.4 is 10.1 Å². The van der Waals surface area contributed by atoms with Crippen molar-refractivity contribution in [1.29, 1.82) is 0 Å². The molecule has 0 spiro atoms. The number of nitrogens with one attached hydrogen (secondary N) is 1. The highest BCUT2D eigenvalue weighted by atomic mass is 79.9. The number of rotatable bonds is 8. The number of amides is 2. The Morgan fingerprint density at radius 1 is 1.17 bits per heavy atom. The van der Waals surface area contributed by atoms with Crippen LogP contribution in [0.3, 0.4) is 0 Å². The molecule has 180 valence electrons. The van der Waals surface area contributed by atoms with Crippen molar-refractivity contribution in [3.8, 4) is 11.3 Å². The minimum atomic E-state index is -4.04. The van der Waals surface area contributed by atoms with E-state index in [2.05, 4.69) is 37.8 Å². The molecule has 2 aromatic heterocycles. The van der Waals surface area contributed by atoms with Crippen LogP contribution in [0.25, 0.3) is 21.5 Å². The molecule has 0 aliphatic carbocycles. The Hall–Kier alpha value is -2.93. The van der Waals surface area contributed by atoms with Crippen LogP contribution in [0.4, 0.5) is 5.13 Å². The van der Waals surface area contributed by atoms with Crippen LogP contribution in [0.1, 0.15) is 0 Å². The van der Waals surface area contributed by atoms with Crippen LogP contribution >= 0.6 is 38.6 Å². The highest BCUT2D eigenvalue weighted by Crippen LogP contribution is 2.25. The van der Waals surface area contributed by atoms with Crippen LogP contribution in [-0.4, -0.2) is 41.3 Å². The fraction of sp³-hybridized carbons (Fsp3) is 0.130. The molecule has 0 aliphatic rings. The van der Waals surface area contributed by atoms with Crippen molar-refractivity contribution in [1.82, 2.24) is 9.55 Å². The molecule has 4 aromatic rings. The molecule has 2 aromatic carbocycles. The van der Waals surface area contributed by atoms with E-state index < -0.39 is 33.2 Å². The Bertz CT molecular complexity index is 1590. The molecule has 0 bridgehead atoms. The topological polar surface area (TPSA) is 110 Å². The van der Waals surface area contributed by atoms with Gasteiger partial charge >= 0.3 is 0 Å². The Balaban J connectivity index is 1.45. The summed E-state index contributed by atoms with van der Waals surface area (Å²) in [5.41, 5.74) is 2.41. The third-order valence-corrected chi connectivity index (χ3v) is 8.37. The highest BCUT2D eigenvalue weighted by Gasteiger charge is 2.22. The second kappa shape index (κ2) is 10.8. The van der Waals surface area contributed by atoms with Crippen molar-refractivity contribution in [2.24, 2.45) is 4.99 Å². The molecule has 0 saturated carbocycles. The van der Waals surface area contributed by atoms with E-state index in [1.165, 1.54) is 22.7 Å². The minimum absolute atomic E-state index is 0.280. The Morgan fingerprint density at radius 2 is 1.94 bits per heavy atom. The molecule has 0 saturated heterocycles. The molecule has 35 heavy (non-hydrogen) atoms. The van der Waals surface area contributed by atoms with Crippen LogP contribution in [0.15, 0.2) is 76.0 Å². The average Bonchev–Trinajstić information content (AvgIpc) is 3.38. The normalized spacial score (nSPS) is 12.1. The molecule has 0 fully saturated rings. The van der Waals surface area contributed by atoms with Crippen molar-refractivity contribution in [3.05, 3.63) is 75.8 Å². The van der Waals surface area contributed by atoms with E-state index in [0.29, 0.717) is 17.0 Å². The number of allylic oxidation sites excluding steroid dienone is 1. The summed E-state index contributed by atoms with van der Waals surface area (Å²) in [7, 11) is -4.04. The first-order chi connectivity index (χ1) is 16.7. The average molecular weight is 592 g/mol. The van der Waals surface area contributed by atoms with Gasteiger partial charge in [-0.15, -0.1) is 17.9 Å². The number of anilines is 1. The van der Waals surface area contributed by atoms with Gasteiger partial charge in [0.15, 0.2) is 19.8 Å². The molecule has 0 radical (unpaired) electrons. The molecule has 0 unspecified atom stereocenters. The van der Waals surface area contributed by atoms with Crippen LogP contribution in [0.5, 0.6) is 0 Å². The maximum atomic E-state index is 12.5. The van der Waals surface area contributed by atoms with Gasteiger partial charge in [-0.2, -0.15) is 4.99 Å². The summed E-state index contributed by atoms with van der Waals surface area (Å²) in [6.45, 7) is 4.13. The van der Waals surface area contributed by atoms with Crippen molar-refractivity contribution < 1.29 is 18.0 Å². The summed E-state index contributed by atoms with van der Waals surface area (Å²) in [6, 6.07) is 15.0. The maximum Gasteiger partial charge on any atom is 0.263 e. The minimum Gasteiger partial charge on any atom is -0.313 e. The second-order valence-electron chi connectivity index (χ2n) is 7.39. The van der Waals surface area contributed by atoms with Gasteiger partial charge in [0, 0.05) is 22.0 Å². The van der Waals surface area contributed by atoms with Gasteiger partial charge in [-0.1, -0.05) is 63.7 Å². The van der Waals surface area contributed by atoms with E-state index >= 15 is 0 Å². The van der Waals surface area contributed by atoms with Gasteiger partial charge in [0.2, 0.25) is 5.91 Å². The quantitative estimate of drug-likeness (QED) is 0.308. The fourth-order valence-electron chi connectivity index (χ4n) is 3.24. The number of sulfone groups is 1. The van der Waals surface area contributed by atoms with Crippen LogP contribution in [0, 0.1) is 0 Å². The zero-order valence-corrected chi connectivity index (χ0v) is 22.2. The number of carbonyl (C=O) groups excluding carboxylic acids is 2. The van der Waals surface area contributed by atoms with Gasteiger partial charge in [-0.3, -0.25) is 9.59 Å². The number of carbonyl (C=O) groups is 2. The largest absolute Gasteiger partial charge is 0.313 e. The number of hydrogen-bond acceptors (Lipinski definition) is 7.